The van der Waals surface area contributed by atoms with Gasteiger partial charge in [-0.25, -0.2) is 0 Å². The Hall–Kier alpha value is -0.450. The largest absolute Gasteiger partial charge is 0.391 e. The van der Waals surface area contributed by atoms with Crippen LogP contribution in [0.5, 0.6) is 0 Å². The molecular formula is C40H81NO3. The standard InChI is InChI=1S/C40H81NO3/c1-3-5-7-9-11-13-15-16-17-18-19-20-21-22-23-24-26-28-30-32-34-36-38(43)40(44)39(41)37(42)35-33-31-29-27-25-14-12-10-8-6-4-2/h37,39-40,42,44H,3-36,41H2,1-2H3. The first-order valence-corrected chi connectivity index (χ1v) is 20.2. The van der Waals surface area contributed by atoms with Gasteiger partial charge in [-0.2, -0.15) is 0 Å². The molecule has 0 rings (SSSR count). The van der Waals surface area contributed by atoms with Crippen molar-refractivity contribution >= 4 is 5.78 Å². The van der Waals surface area contributed by atoms with Crippen LogP contribution in [0.15, 0.2) is 0 Å². The summed E-state index contributed by atoms with van der Waals surface area (Å²) in [6.07, 6.45) is 41.0. The molecule has 4 N–H and O–H groups in total. The second-order valence-electron chi connectivity index (χ2n) is 14.2. The van der Waals surface area contributed by atoms with Gasteiger partial charge >= 0.3 is 0 Å². The summed E-state index contributed by atoms with van der Waals surface area (Å²) < 4.78 is 0. The Morgan fingerprint density at radius 1 is 0.432 bits per heavy atom. The van der Waals surface area contributed by atoms with Crippen LogP contribution in [0.1, 0.15) is 232 Å². The van der Waals surface area contributed by atoms with Crippen molar-refractivity contribution in [1.29, 1.82) is 0 Å². The SMILES string of the molecule is CCCCCCCCCCCCCCCCCCCCCCCC(=O)C(O)C(N)C(O)CCCCCCCCCCCCC. The summed E-state index contributed by atoms with van der Waals surface area (Å²) in [7, 11) is 0. The van der Waals surface area contributed by atoms with Gasteiger partial charge in [-0.3, -0.25) is 4.79 Å². The lowest BCUT2D eigenvalue weighted by Gasteiger charge is -2.23. The molecule has 0 amide bonds. The fourth-order valence-electron chi connectivity index (χ4n) is 6.51. The van der Waals surface area contributed by atoms with Gasteiger partial charge in [-0.1, -0.05) is 213 Å². The Labute approximate surface area is 276 Å². The minimum Gasteiger partial charge on any atom is -0.391 e. The average molecular weight is 624 g/mol. The van der Waals surface area contributed by atoms with Crippen LogP contribution in [-0.4, -0.2) is 34.2 Å². The summed E-state index contributed by atoms with van der Waals surface area (Å²) in [4.78, 5) is 12.4. The van der Waals surface area contributed by atoms with Crippen molar-refractivity contribution in [2.75, 3.05) is 0 Å². The number of Topliss-reactive ketones (excluding diaryl/α,β-unsaturated/α-hetero) is 1. The van der Waals surface area contributed by atoms with E-state index in [0.29, 0.717) is 12.8 Å². The molecule has 4 nitrogen and oxygen atoms in total. The molecular weight excluding hydrogens is 542 g/mol. The van der Waals surface area contributed by atoms with E-state index in [4.69, 9.17) is 5.73 Å². The van der Waals surface area contributed by atoms with Gasteiger partial charge in [0.2, 0.25) is 0 Å². The number of carbonyl (C=O) groups excluding carboxylic acids is 1. The van der Waals surface area contributed by atoms with E-state index in [1.54, 1.807) is 0 Å². The summed E-state index contributed by atoms with van der Waals surface area (Å²) >= 11 is 0. The van der Waals surface area contributed by atoms with Gasteiger partial charge in [-0.05, 0) is 12.8 Å². The fourth-order valence-corrected chi connectivity index (χ4v) is 6.51. The summed E-state index contributed by atoms with van der Waals surface area (Å²) in [6.45, 7) is 4.55. The van der Waals surface area contributed by atoms with E-state index in [9.17, 15) is 15.0 Å². The van der Waals surface area contributed by atoms with Crippen LogP contribution in [0.25, 0.3) is 0 Å². The van der Waals surface area contributed by atoms with E-state index in [-0.39, 0.29) is 5.78 Å². The number of carbonyl (C=O) groups is 1. The highest BCUT2D eigenvalue weighted by Gasteiger charge is 2.27. The van der Waals surface area contributed by atoms with Gasteiger partial charge in [0.1, 0.15) is 6.10 Å². The van der Waals surface area contributed by atoms with E-state index < -0.39 is 18.2 Å². The third-order valence-corrected chi connectivity index (χ3v) is 9.77. The highest BCUT2D eigenvalue weighted by molar-refractivity contribution is 5.83. The topological polar surface area (TPSA) is 83.5 Å². The van der Waals surface area contributed by atoms with Gasteiger partial charge in [0.25, 0.3) is 0 Å². The zero-order valence-corrected chi connectivity index (χ0v) is 30.2. The van der Waals surface area contributed by atoms with Crippen LogP contribution in [-0.2, 0) is 4.79 Å². The molecule has 0 bridgehead atoms. The highest BCUT2D eigenvalue weighted by Crippen LogP contribution is 2.17. The normalized spacial score (nSPS) is 13.8. The van der Waals surface area contributed by atoms with Crippen molar-refractivity contribution < 1.29 is 15.0 Å². The first-order valence-electron chi connectivity index (χ1n) is 20.2. The summed E-state index contributed by atoms with van der Waals surface area (Å²) in [5.74, 6) is -0.201. The molecule has 0 radical (unpaired) electrons. The first-order chi connectivity index (χ1) is 21.5. The second-order valence-corrected chi connectivity index (χ2v) is 14.2. The van der Waals surface area contributed by atoms with Crippen molar-refractivity contribution in [1.82, 2.24) is 0 Å². The molecule has 4 heteroatoms. The lowest BCUT2D eigenvalue weighted by atomic mass is 9.95. The lowest BCUT2D eigenvalue weighted by Crippen LogP contribution is -2.48. The monoisotopic (exact) mass is 624 g/mol. The number of ketones is 1. The quantitative estimate of drug-likeness (QED) is 0.0601. The second kappa shape index (κ2) is 35.4. The van der Waals surface area contributed by atoms with E-state index in [2.05, 4.69) is 13.8 Å². The molecule has 0 aromatic carbocycles. The maximum absolute atomic E-state index is 12.4. The Balaban J connectivity index is 3.47. The Morgan fingerprint density at radius 3 is 0.977 bits per heavy atom. The average Bonchev–Trinajstić information content (AvgIpc) is 3.03. The Morgan fingerprint density at radius 2 is 0.682 bits per heavy atom. The minimum absolute atomic E-state index is 0.201. The number of aliphatic hydroxyl groups excluding tert-OH is 2. The van der Waals surface area contributed by atoms with Crippen LogP contribution in [0.2, 0.25) is 0 Å². The molecule has 0 aliphatic rings. The molecule has 44 heavy (non-hydrogen) atoms. The third kappa shape index (κ3) is 30.2. The maximum atomic E-state index is 12.4. The molecule has 264 valence electrons. The summed E-state index contributed by atoms with van der Waals surface area (Å²) in [5.41, 5.74) is 6.05. The molecule has 0 aromatic rings. The van der Waals surface area contributed by atoms with Gasteiger partial charge in [0.05, 0.1) is 12.1 Å². The minimum atomic E-state index is -1.23. The van der Waals surface area contributed by atoms with Crippen molar-refractivity contribution in [3.05, 3.63) is 0 Å². The van der Waals surface area contributed by atoms with E-state index in [0.717, 1.165) is 32.1 Å². The van der Waals surface area contributed by atoms with Crippen molar-refractivity contribution in [2.45, 2.75) is 250 Å². The van der Waals surface area contributed by atoms with E-state index in [1.807, 2.05) is 0 Å². The Bertz CT molecular complexity index is 569. The van der Waals surface area contributed by atoms with Gasteiger partial charge < -0.3 is 15.9 Å². The molecule has 0 aliphatic heterocycles. The number of rotatable bonds is 37. The first kappa shape index (κ1) is 43.5. The molecule has 3 atom stereocenters. The van der Waals surface area contributed by atoms with Crippen LogP contribution in [0.4, 0.5) is 0 Å². The number of nitrogens with two attached hydrogens (primary N) is 1. The molecule has 0 saturated carbocycles. The molecule has 0 aliphatic carbocycles. The number of hydrogen-bond donors (Lipinski definition) is 3. The van der Waals surface area contributed by atoms with Crippen LogP contribution in [0, 0.1) is 0 Å². The van der Waals surface area contributed by atoms with Crippen molar-refractivity contribution in [3.63, 3.8) is 0 Å². The van der Waals surface area contributed by atoms with Gasteiger partial charge in [0, 0.05) is 6.42 Å². The zero-order valence-electron chi connectivity index (χ0n) is 30.2. The maximum Gasteiger partial charge on any atom is 0.162 e. The molecule has 0 saturated heterocycles. The van der Waals surface area contributed by atoms with Crippen molar-refractivity contribution in [3.8, 4) is 0 Å². The van der Waals surface area contributed by atoms with E-state index >= 15 is 0 Å². The Kier molecular flexibility index (Phi) is 35.0. The highest BCUT2D eigenvalue weighted by atomic mass is 16.3. The van der Waals surface area contributed by atoms with Crippen LogP contribution in [0.3, 0.4) is 0 Å². The molecule has 0 aromatic heterocycles. The van der Waals surface area contributed by atoms with Gasteiger partial charge in [-0.15, -0.1) is 0 Å². The molecule has 3 unspecified atom stereocenters. The predicted octanol–water partition coefficient (Wildman–Crippen LogP) is 11.9. The zero-order chi connectivity index (χ0) is 32.4. The summed E-state index contributed by atoms with van der Waals surface area (Å²) in [6, 6.07) is -0.861. The molecule has 0 spiro atoms. The van der Waals surface area contributed by atoms with Crippen molar-refractivity contribution in [2.24, 2.45) is 5.73 Å². The number of hydrogen-bond acceptors (Lipinski definition) is 4. The lowest BCUT2D eigenvalue weighted by molar-refractivity contribution is -0.129. The van der Waals surface area contributed by atoms with E-state index in [1.165, 1.54) is 173 Å². The van der Waals surface area contributed by atoms with Gasteiger partial charge in [0.15, 0.2) is 5.78 Å². The third-order valence-electron chi connectivity index (χ3n) is 9.77. The molecule has 0 fully saturated rings. The molecule has 0 heterocycles. The van der Waals surface area contributed by atoms with Crippen LogP contribution < -0.4 is 5.73 Å². The van der Waals surface area contributed by atoms with Crippen LogP contribution >= 0.6 is 0 Å². The number of aliphatic hydroxyl groups is 2. The summed E-state index contributed by atoms with van der Waals surface area (Å²) in [5, 5.41) is 20.8. The predicted molar refractivity (Wildman–Crippen MR) is 193 cm³/mol. The fraction of sp³-hybridized carbons (Fsp3) is 0.975. The smallest absolute Gasteiger partial charge is 0.162 e. The number of unbranched alkanes of at least 4 members (excludes halogenated alkanes) is 30.